The molecule has 1 saturated carbocycles. The summed E-state index contributed by atoms with van der Waals surface area (Å²) in [5.41, 5.74) is 1.80. The predicted molar refractivity (Wildman–Crippen MR) is 102 cm³/mol. The van der Waals surface area contributed by atoms with Crippen LogP contribution in [0, 0.1) is 5.82 Å². The van der Waals surface area contributed by atoms with Crippen LogP contribution in [0.4, 0.5) is 4.39 Å². The van der Waals surface area contributed by atoms with Gasteiger partial charge in [0.25, 0.3) is 5.91 Å². The summed E-state index contributed by atoms with van der Waals surface area (Å²) in [7, 11) is 3.44. The van der Waals surface area contributed by atoms with Crippen molar-refractivity contribution in [2.24, 2.45) is 0 Å². The third-order valence-electron chi connectivity index (χ3n) is 6.07. The second kappa shape index (κ2) is 6.74. The molecule has 1 N–H and O–H groups in total. The zero-order chi connectivity index (χ0) is 20.1. The van der Waals surface area contributed by atoms with E-state index in [9.17, 15) is 19.1 Å². The van der Waals surface area contributed by atoms with Crippen molar-refractivity contribution in [3.05, 3.63) is 58.7 Å². The second-order valence-corrected chi connectivity index (χ2v) is 7.89. The lowest BCUT2D eigenvalue weighted by atomic mass is 9.71. The van der Waals surface area contributed by atoms with Crippen molar-refractivity contribution in [2.45, 2.75) is 37.9 Å². The van der Waals surface area contributed by atoms with Crippen LogP contribution in [0.15, 0.2) is 30.3 Å². The van der Waals surface area contributed by atoms with Gasteiger partial charge < -0.3 is 14.6 Å². The number of hydrogen-bond acceptors (Lipinski definition) is 3. The molecule has 1 fully saturated rings. The largest absolute Gasteiger partial charge is 0.477 e. The number of halogens is 1. The molecule has 0 unspecified atom stereocenters. The molecule has 1 spiro atoms. The summed E-state index contributed by atoms with van der Waals surface area (Å²) in [6, 6.07) is 8.68. The Balaban J connectivity index is 1.62. The number of carboxylic acids is 1. The first kappa shape index (κ1) is 18.7. The van der Waals surface area contributed by atoms with Crippen LogP contribution in [0.3, 0.4) is 0 Å². The molecule has 0 radical (unpaired) electrons. The molecule has 7 heteroatoms. The van der Waals surface area contributed by atoms with Crippen molar-refractivity contribution in [1.29, 1.82) is 0 Å². The van der Waals surface area contributed by atoms with E-state index in [-0.39, 0.29) is 11.6 Å². The summed E-state index contributed by atoms with van der Waals surface area (Å²) in [4.78, 5) is 27.3. The highest BCUT2D eigenvalue weighted by molar-refractivity contribution is 5.93. The first-order valence-corrected chi connectivity index (χ1v) is 9.52. The van der Waals surface area contributed by atoms with Crippen molar-refractivity contribution >= 4 is 11.9 Å². The van der Waals surface area contributed by atoms with Crippen molar-refractivity contribution in [2.75, 3.05) is 20.6 Å². The van der Waals surface area contributed by atoms with E-state index in [1.165, 1.54) is 0 Å². The van der Waals surface area contributed by atoms with E-state index in [4.69, 9.17) is 0 Å². The van der Waals surface area contributed by atoms with Crippen LogP contribution in [0.2, 0.25) is 0 Å². The number of rotatable bonds is 4. The van der Waals surface area contributed by atoms with Crippen molar-refractivity contribution in [3.8, 4) is 0 Å². The molecule has 4 rings (SSSR count). The average molecular weight is 385 g/mol. The Morgan fingerprint density at radius 3 is 2.39 bits per heavy atom. The Morgan fingerprint density at radius 2 is 1.86 bits per heavy atom. The third-order valence-corrected chi connectivity index (χ3v) is 6.07. The molecule has 2 heterocycles. The Morgan fingerprint density at radius 1 is 1.18 bits per heavy atom. The number of nitrogens with zero attached hydrogens (tertiary/aromatic N) is 3. The molecule has 1 aromatic carbocycles. The maximum atomic E-state index is 14.7. The van der Waals surface area contributed by atoms with Crippen molar-refractivity contribution < 1.29 is 19.1 Å². The van der Waals surface area contributed by atoms with E-state index in [0.717, 1.165) is 30.9 Å². The molecule has 0 bridgehead atoms. The van der Waals surface area contributed by atoms with Crippen LogP contribution < -0.4 is 0 Å². The fraction of sp³-hybridized carbons (Fsp3) is 0.429. The Hall–Kier alpha value is -2.67. The zero-order valence-corrected chi connectivity index (χ0v) is 16.1. The lowest BCUT2D eigenvalue weighted by Crippen LogP contribution is -2.56. The van der Waals surface area contributed by atoms with Gasteiger partial charge in [-0.25, -0.2) is 9.18 Å². The van der Waals surface area contributed by atoms with E-state index in [1.54, 1.807) is 23.6 Å². The molecule has 1 amide bonds. The van der Waals surface area contributed by atoms with Gasteiger partial charge in [-0.15, -0.1) is 0 Å². The lowest BCUT2D eigenvalue weighted by Gasteiger charge is -2.53. The van der Waals surface area contributed by atoms with Gasteiger partial charge in [-0.05, 0) is 37.0 Å². The van der Waals surface area contributed by atoms with Gasteiger partial charge >= 0.3 is 5.97 Å². The first-order chi connectivity index (χ1) is 13.3. The summed E-state index contributed by atoms with van der Waals surface area (Å²) < 4.78 is 16.4. The molecule has 6 nitrogen and oxygen atoms in total. The highest BCUT2D eigenvalue weighted by Crippen LogP contribution is 2.50. The SMILES string of the molecule is CN(C)C(=O)c1ccc(CN2CCn3c(C(=O)O)cc(F)c3C23CCC3)cc1. The fourth-order valence-electron chi connectivity index (χ4n) is 4.51. The van der Waals surface area contributed by atoms with E-state index in [2.05, 4.69) is 4.90 Å². The second-order valence-electron chi connectivity index (χ2n) is 7.89. The number of aromatic carboxylic acids is 1. The number of fused-ring (bicyclic) bond motifs is 2. The average Bonchev–Trinajstić information content (AvgIpc) is 2.98. The standard InChI is InChI=1S/C21H24FN3O3/c1-23(2)19(26)15-6-4-14(5-7-15)13-24-10-11-25-17(20(27)28)12-16(22)18(25)21(24)8-3-9-21/h4-7,12H,3,8-11,13H2,1-2H3,(H,27,28). The topological polar surface area (TPSA) is 65.8 Å². The lowest BCUT2D eigenvalue weighted by molar-refractivity contribution is -0.0250. The molecule has 0 atom stereocenters. The molecular weight excluding hydrogens is 361 g/mol. The number of aromatic nitrogens is 1. The Bertz CT molecular complexity index is 929. The maximum Gasteiger partial charge on any atom is 0.352 e. The summed E-state index contributed by atoms with van der Waals surface area (Å²) in [5.74, 6) is -1.55. The van der Waals surface area contributed by atoms with Crippen LogP contribution in [0.5, 0.6) is 0 Å². The first-order valence-electron chi connectivity index (χ1n) is 9.52. The minimum atomic E-state index is -1.09. The molecule has 2 aromatic rings. The van der Waals surface area contributed by atoms with Gasteiger partial charge in [0.15, 0.2) is 0 Å². The normalized spacial score (nSPS) is 17.8. The molecule has 1 aromatic heterocycles. The summed E-state index contributed by atoms with van der Waals surface area (Å²) in [6.07, 6.45) is 2.65. The van der Waals surface area contributed by atoms with Gasteiger partial charge in [0.2, 0.25) is 0 Å². The van der Waals surface area contributed by atoms with E-state index in [1.807, 2.05) is 24.3 Å². The molecular formula is C21H24FN3O3. The Labute approximate surface area is 163 Å². The number of benzene rings is 1. The summed E-state index contributed by atoms with van der Waals surface area (Å²) >= 11 is 0. The van der Waals surface area contributed by atoms with E-state index >= 15 is 0 Å². The van der Waals surface area contributed by atoms with Crippen LogP contribution in [-0.2, 0) is 18.6 Å². The van der Waals surface area contributed by atoms with Crippen LogP contribution in [-0.4, -0.2) is 52.0 Å². The van der Waals surface area contributed by atoms with Crippen LogP contribution in [0.25, 0.3) is 0 Å². The van der Waals surface area contributed by atoms with Gasteiger partial charge in [0.1, 0.15) is 11.5 Å². The van der Waals surface area contributed by atoms with Gasteiger partial charge in [-0.3, -0.25) is 9.69 Å². The number of amides is 1. The van der Waals surface area contributed by atoms with Gasteiger partial charge in [-0.2, -0.15) is 0 Å². The van der Waals surface area contributed by atoms with E-state index < -0.39 is 17.3 Å². The van der Waals surface area contributed by atoms with Gasteiger partial charge in [0.05, 0.1) is 11.2 Å². The zero-order valence-electron chi connectivity index (χ0n) is 16.1. The number of hydrogen-bond donors (Lipinski definition) is 1. The Kier molecular flexibility index (Phi) is 4.50. The van der Waals surface area contributed by atoms with Gasteiger partial charge in [0, 0.05) is 45.4 Å². The van der Waals surface area contributed by atoms with E-state index in [0.29, 0.717) is 30.9 Å². The minimum absolute atomic E-state index is 0.0324. The molecule has 28 heavy (non-hydrogen) atoms. The molecule has 2 aliphatic rings. The minimum Gasteiger partial charge on any atom is -0.477 e. The summed E-state index contributed by atoms with van der Waals surface area (Å²) in [5, 5.41) is 9.39. The fourth-order valence-corrected chi connectivity index (χ4v) is 4.51. The molecule has 1 aliphatic carbocycles. The molecule has 148 valence electrons. The number of carbonyl (C=O) groups excluding carboxylic acids is 1. The highest BCUT2D eigenvalue weighted by Gasteiger charge is 2.50. The third kappa shape index (κ3) is 2.81. The number of carbonyl (C=O) groups is 2. The van der Waals surface area contributed by atoms with Crippen LogP contribution >= 0.6 is 0 Å². The van der Waals surface area contributed by atoms with Gasteiger partial charge in [-0.1, -0.05) is 12.1 Å². The maximum absolute atomic E-state index is 14.7. The quantitative estimate of drug-likeness (QED) is 0.879. The van der Waals surface area contributed by atoms with Crippen LogP contribution in [0.1, 0.15) is 51.4 Å². The predicted octanol–water partition coefficient (Wildman–Crippen LogP) is 2.92. The highest BCUT2D eigenvalue weighted by atomic mass is 19.1. The monoisotopic (exact) mass is 385 g/mol. The van der Waals surface area contributed by atoms with Crippen molar-refractivity contribution in [1.82, 2.24) is 14.4 Å². The number of carboxylic acid groups (broad SMARTS) is 1. The molecule has 0 saturated heterocycles. The molecule has 1 aliphatic heterocycles. The van der Waals surface area contributed by atoms with Crippen molar-refractivity contribution in [3.63, 3.8) is 0 Å². The summed E-state index contributed by atoms with van der Waals surface area (Å²) in [6.45, 7) is 1.77. The smallest absolute Gasteiger partial charge is 0.352 e.